The van der Waals surface area contributed by atoms with Gasteiger partial charge >= 0.3 is 0 Å². The summed E-state index contributed by atoms with van der Waals surface area (Å²) < 4.78 is 7.86. The summed E-state index contributed by atoms with van der Waals surface area (Å²) >= 11 is 0. The first-order chi connectivity index (χ1) is 12.1. The van der Waals surface area contributed by atoms with Gasteiger partial charge in [0.05, 0.1) is 18.8 Å². The molecule has 3 atom stereocenters. The van der Waals surface area contributed by atoms with Crippen molar-refractivity contribution in [2.45, 2.75) is 44.4 Å². The van der Waals surface area contributed by atoms with E-state index in [-0.39, 0.29) is 5.92 Å². The number of likely N-dealkylation sites (tertiary alicyclic amines) is 1. The first kappa shape index (κ1) is 16.8. The molecule has 1 aromatic carbocycles. The molecule has 0 saturated carbocycles. The van der Waals surface area contributed by atoms with E-state index >= 15 is 0 Å². The molecule has 0 radical (unpaired) electrons. The highest BCUT2D eigenvalue weighted by Crippen LogP contribution is 2.36. The van der Waals surface area contributed by atoms with Gasteiger partial charge in [-0.3, -0.25) is 4.90 Å². The minimum atomic E-state index is -0.639. The normalized spacial score (nSPS) is 30.6. The number of nitrogens with zero attached hydrogens (tertiary/aromatic N) is 3. The smallest absolute Gasteiger partial charge is 0.127 e. The molecule has 0 spiro atoms. The maximum Gasteiger partial charge on any atom is 0.127 e. The molecule has 1 N–H and O–H groups in total. The molecule has 2 aliphatic heterocycles. The van der Waals surface area contributed by atoms with Crippen molar-refractivity contribution >= 4 is 0 Å². The Kier molecular flexibility index (Phi) is 4.63. The lowest BCUT2D eigenvalue weighted by molar-refractivity contribution is -0.123. The van der Waals surface area contributed by atoms with Crippen LogP contribution in [-0.2, 0) is 11.3 Å². The second-order valence-electron chi connectivity index (χ2n) is 7.52. The highest BCUT2D eigenvalue weighted by Gasteiger charge is 2.44. The van der Waals surface area contributed by atoms with Crippen molar-refractivity contribution in [2.75, 3.05) is 19.8 Å². The quantitative estimate of drug-likeness (QED) is 0.929. The largest absolute Gasteiger partial charge is 0.390 e. The molecule has 5 nitrogen and oxygen atoms in total. The minimum absolute atomic E-state index is 0.170. The molecule has 0 unspecified atom stereocenters. The Morgan fingerprint density at radius 1 is 1.32 bits per heavy atom. The van der Waals surface area contributed by atoms with Crippen molar-refractivity contribution in [1.29, 1.82) is 0 Å². The Morgan fingerprint density at radius 2 is 2.16 bits per heavy atom. The van der Waals surface area contributed by atoms with Gasteiger partial charge in [0, 0.05) is 36.6 Å². The Labute approximate surface area is 149 Å². The van der Waals surface area contributed by atoms with E-state index in [1.165, 1.54) is 6.42 Å². The van der Waals surface area contributed by atoms with Gasteiger partial charge < -0.3 is 14.4 Å². The van der Waals surface area contributed by atoms with E-state index in [0.717, 1.165) is 37.4 Å². The maximum absolute atomic E-state index is 10.8. The van der Waals surface area contributed by atoms with Gasteiger partial charge in [-0.2, -0.15) is 0 Å². The van der Waals surface area contributed by atoms with Gasteiger partial charge in [-0.05, 0) is 44.9 Å². The van der Waals surface area contributed by atoms with Gasteiger partial charge in [0.15, 0.2) is 0 Å². The van der Waals surface area contributed by atoms with Gasteiger partial charge in [-0.1, -0.05) is 18.2 Å². The maximum atomic E-state index is 10.8. The number of ether oxygens (including phenoxy) is 1. The van der Waals surface area contributed by atoms with E-state index in [0.29, 0.717) is 19.3 Å². The van der Waals surface area contributed by atoms with Crippen LogP contribution in [0.2, 0.25) is 0 Å². The zero-order valence-corrected chi connectivity index (χ0v) is 14.8. The average molecular weight is 341 g/mol. The predicted molar refractivity (Wildman–Crippen MR) is 96.5 cm³/mol. The summed E-state index contributed by atoms with van der Waals surface area (Å²) in [5.74, 6) is 1.22. The Morgan fingerprint density at radius 3 is 2.96 bits per heavy atom. The molecule has 134 valence electrons. The molecule has 0 aliphatic carbocycles. The van der Waals surface area contributed by atoms with Crippen LogP contribution in [0, 0.1) is 5.92 Å². The second-order valence-corrected chi connectivity index (χ2v) is 7.52. The lowest BCUT2D eigenvalue weighted by Crippen LogP contribution is -2.52. The van der Waals surface area contributed by atoms with Crippen LogP contribution in [-0.4, -0.2) is 51.0 Å². The fourth-order valence-corrected chi connectivity index (χ4v) is 4.34. The second kappa shape index (κ2) is 6.90. The molecule has 2 saturated heterocycles. The lowest BCUT2D eigenvalue weighted by Gasteiger charge is -2.43. The molecule has 5 heteroatoms. The van der Waals surface area contributed by atoms with Gasteiger partial charge in [0.1, 0.15) is 5.82 Å². The Hall–Kier alpha value is -1.69. The molecular formula is C20H27N3O2. The molecule has 0 bridgehead atoms. The van der Waals surface area contributed by atoms with Crippen LogP contribution in [0.25, 0.3) is 5.69 Å². The number of aromatic nitrogens is 2. The third kappa shape index (κ3) is 3.36. The third-order valence-corrected chi connectivity index (χ3v) is 5.82. The summed E-state index contributed by atoms with van der Waals surface area (Å²) in [4.78, 5) is 7.08. The van der Waals surface area contributed by atoms with Crippen LogP contribution in [0.1, 0.15) is 32.0 Å². The summed E-state index contributed by atoms with van der Waals surface area (Å²) in [5.41, 5.74) is 0.499. The van der Waals surface area contributed by atoms with Crippen LogP contribution < -0.4 is 0 Å². The fraction of sp³-hybridized carbons (Fsp3) is 0.550. The minimum Gasteiger partial charge on any atom is -0.390 e. The number of hydrogen-bond donors (Lipinski definition) is 1. The number of rotatable bonds is 4. The molecule has 4 rings (SSSR count). The topological polar surface area (TPSA) is 50.5 Å². The molecular weight excluding hydrogens is 314 g/mol. The van der Waals surface area contributed by atoms with Crippen molar-refractivity contribution in [3.05, 3.63) is 48.5 Å². The zero-order chi connectivity index (χ0) is 17.3. The van der Waals surface area contributed by atoms with Crippen LogP contribution in [0.15, 0.2) is 42.7 Å². The number of para-hydroxylation sites is 1. The number of aliphatic hydroxyl groups is 1. The molecule has 1 aromatic heterocycles. The zero-order valence-electron chi connectivity index (χ0n) is 14.8. The van der Waals surface area contributed by atoms with Crippen molar-refractivity contribution in [3.63, 3.8) is 0 Å². The Balaban J connectivity index is 1.54. The number of imidazole rings is 1. The van der Waals surface area contributed by atoms with E-state index in [2.05, 4.69) is 26.6 Å². The standard InChI is InChI=1S/C20H27N3O2/c1-20(24)9-13-25-15-17(20)18-8-5-11-22(18)14-19-21-10-12-23(19)16-6-3-2-4-7-16/h2-4,6-7,10,12,17-18,24H,5,8-9,11,13-15H2,1H3/t17-,18-,20-/m0/s1. The van der Waals surface area contributed by atoms with Crippen LogP contribution >= 0.6 is 0 Å². The summed E-state index contributed by atoms with van der Waals surface area (Å²) in [6.07, 6.45) is 6.91. The number of hydrogen-bond acceptors (Lipinski definition) is 4. The first-order valence-electron chi connectivity index (χ1n) is 9.27. The highest BCUT2D eigenvalue weighted by molar-refractivity contribution is 5.32. The third-order valence-electron chi connectivity index (χ3n) is 5.82. The van der Waals surface area contributed by atoms with E-state index in [9.17, 15) is 5.11 Å². The first-order valence-corrected chi connectivity index (χ1v) is 9.27. The summed E-state index contributed by atoms with van der Waals surface area (Å²) in [6, 6.07) is 10.7. The van der Waals surface area contributed by atoms with Gasteiger partial charge in [0.2, 0.25) is 0 Å². The van der Waals surface area contributed by atoms with Gasteiger partial charge in [0.25, 0.3) is 0 Å². The van der Waals surface area contributed by atoms with Crippen molar-refractivity contribution < 1.29 is 9.84 Å². The molecule has 2 aliphatic rings. The van der Waals surface area contributed by atoms with E-state index in [1.807, 2.05) is 37.5 Å². The SMILES string of the molecule is C[C@]1(O)CCOC[C@H]1[C@@H]1CCCN1Cc1nccn1-c1ccccc1. The van der Waals surface area contributed by atoms with E-state index < -0.39 is 5.60 Å². The predicted octanol–water partition coefficient (Wildman–Crippen LogP) is 2.62. The van der Waals surface area contributed by atoms with E-state index in [4.69, 9.17) is 4.74 Å². The summed E-state index contributed by atoms with van der Waals surface area (Å²) in [6.45, 7) is 5.15. The van der Waals surface area contributed by atoms with E-state index in [1.54, 1.807) is 0 Å². The van der Waals surface area contributed by atoms with Crippen molar-refractivity contribution in [1.82, 2.24) is 14.5 Å². The van der Waals surface area contributed by atoms with Crippen LogP contribution in [0.5, 0.6) is 0 Å². The monoisotopic (exact) mass is 341 g/mol. The van der Waals surface area contributed by atoms with Crippen molar-refractivity contribution in [3.8, 4) is 5.69 Å². The molecule has 3 heterocycles. The average Bonchev–Trinajstić information content (AvgIpc) is 3.25. The molecule has 2 aromatic rings. The van der Waals surface area contributed by atoms with Crippen molar-refractivity contribution in [2.24, 2.45) is 5.92 Å². The Bertz CT molecular complexity index is 698. The molecule has 2 fully saturated rings. The van der Waals surface area contributed by atoms with Gasteiger partial charge in [-0.25, -0.2) is 4.98 Å². The summed E-state index contributed by atoms with van der Waals surface area (Å²) in [7, 11) is 0. The summed E-state index contributed by atoms with van der Waals surface area (Å²) in [5, 5.41) is 10.8. The fourth-order valence-electron chi connectivity index (χ4n) is 4.34. The molecule has 25 heavy (non-hydrogen) atoms. The molecule has 0 amide bonds. The van der Waals surface area contributed by atoms with Gasteiger partial charge in [-0.15, -0.1) is 0 Å². The van der Waals surface area contributed by atoms with Crippen LogP contribution in [0.3, 0.4) is 0 Å². The van der Waals surface area contributed by atoms with Crippen LogP contribution in [0.4, 0.5) is 0 Å². The highest BCUT2D eigenvalue weighted by atomic mass is 16.5. The number of benzene rings is 1. The lowest BCUT2D eigenvalue weighted by atomic mass is 9.79.